The van der Waals surface area contributed by atoms with Crippen LogP contribution in [-0.2, 0) is 0 Å². The van der Waals surface area contributed by atoms with E-state index >= 15 is 0 Å². The second-order valence-electron chi connectivity index (χ2n) is 4.29. The van der Waals surface area contributed by atoms with Crippen molar-refractivity contribution in [1.82, 2.24) is 10.2 Å². The Bertz CT molecular complexity index is 167. The highest BCUT2D eigenvalue weighted by Gasteiger charge is 2.31. The Balaban J connectivity index is 3.95. The predicted molar refractivity (Wildman–Crippen MR) is 55.9 cm³/mol. The molecule has 92 valence electrons. The number of hydrogen-bond donors (Lipinski definition) is 1. The van der Waals surface area contributed by atoms with Crippen molar-refractivity contribution < 1.29 is 13.2 Å². The summed E-state index contributed by atoms with van der Waals surface area (Å²) >= 11 is 0. The van der Waals surface area contributed by atoms with Crippen molar-refractivity contribution in [2.75, 3.05) is 19.6 Å². The summed E-state index contributed by atoms with van der Waals surface area (Å²) in [6, 6.07) is 0.227. The second-order valence-corrected chi connectivity index (χ2v) is 4.29. The Kier molecular flexibility index (Phi) is 6.20. The summed E-state index contributed by atoms with van der Waals surface area (Å²) in [5.41, 5.74) is 0. The summed E-state index contributed by atoms with van der Waals surface area (Å²) in [5, 5.41) is 3.11. The SMILES string of the molecule is CC(C)NCCN(CC(F)(F)F)C(C)C. The smallest absolute Gasteiger partial charge is 0.313 e. The van der Waals surface area contributed by atoms with Crippen LogP contribution in [0.25, 0.3) is 0 Å². The van der Waals surface area contributed by atoms with Crippen LogP contribution in [0, 0.1) is 0 Å². The third-order valence-electron chi connectivity index (χ3n) is 2.06. The predicted octanol–water partition coefficient (Wildman–Crippen LogP) is 2.26. The molecule has 0 atom stereocenters. The Morgan fingerprint density at radius 1 is 1.13 bits per heavy atom. The minimum atomic E-state index is -4.11. The van der Waals surface area contributed by atoms with E-state index in [1.165, 1.54) is 4.90 Å². The molecule has 0 aliphatic rings. The number of rotatable bonds is 6. The van der Waals surface area contributed by atoms with E-state index in [0.717, 1.165) is 0 Å². The van der Waals surface area contributed by atoms with E-state index in [-0.39, 0.29) is 6.04 Å². The van der Waals surface area contributed by atoms with E-state index in [4.69, 9.17) is 0 Å². The van der Waals surface area contributed by atoms with E-state index in [0.29, 0.717) is 19.1 Å². The number of nitrogens with zero attached hydrogens (tertiary/aromatic N) is 1. The van der Waals surface area contributed by atoms with Crippen LogP contribution in [0.1, 0.15) is 27.7 Å². The molecule has 0 aliphatic heterocycles. The maximum absolute atomic E-state index is 12.2. The molecule has 0 aromatic carbocycles. The number of nitrogens with one attached hydrogen (secondary N) is 1. The summed E-state index contributed by atoms with van der Waals surface area (Å²) in [4.78, 5) is 1.43. The summed E-state index contributed by atoms with van der Waals surface area (Å²) in [7, 11) is 0. The minimum Gasteiger partial charge on any atom is -0.313 e. The van der Waals surface area contributed by atoms with Gasteiger partial charge in [0.2, 0.25) is 0 Å². The van der Waals surface area contributed by atoms with Crippen LogP contribution in [0.5, 0.6) is 0 Å². The molecule has 0 bridgehead atoms. The van der Waals surface area contributed by atoms with Crippen molar-refractivity contribution >= 4 is 0 Å². The van der Waals surface area contributed by atoms with E-state index < -0.39 is 12.7 Å². The molecule has 0 unspecified atom stereocenters. The van der Waals surface area contributed by atoms with Crippen molar-refractivity contribution in [2.45, 2.75) is 46.0 Å². The summed E-state index contributed by atoms with van der Waals surface area (Å²) < 4.78 is 36.6. The molecule has 0 spiro atoms. The zero-order valence-electron chi connectivity index (χ0n) is 9.86. The lowest BCUT2D eigenvalue weighted by molar-refractivity contribution is -0.149. The Labute approximate surface area is 89.8 Å². The summed E-state index contributed by atoms with van der Waals surface area (Å²) in [6.07, 6.45) is -4.11. The van der Waals surface area contributed by atoms with Crippen LogP contribution in [0.4, 0.5) is 13.2 Å². The van der Waals surface area contributed by atoms with Gasteiger partial charge in [0.05, 0.1) is 6.54 Å². The Morgan fingerprint density at radius 2 is 1.67 bits per heavy atom. The van der Waals surface area contributed by atoms with Gasteiger partial charge in [-0.2, -0.15) is 13.2 Å². The van der Waals surface area contributed by atoms with Gasteiger partial charge in [-0.3, -0.25) is 4.90 Å². The first-order valence-electron chi connectivity index (χ1n) is 5.26. The molecule has 0 fully saturated rings. The number of hydrogen-bond acceptors (Lipinski definition) is 2. The highest BCUT2D eigenvalue weighted by molar-refractivity contribution is 4.69. The largest absolute Gasteiger partial charge is 0.401 e. The van der Waals surface area contributed by atoms with E-state index in [9.17, 15) is 13.2 Å². The van der Waals surface area contributed by atoms with Gasteiger partial charge in [-0.05, 0) is 13.8 Å². The van der Waals surface area contributed by atoms with Gasteiger partial charge in [0.25, 0.3) is 0 Å². The molecule has 0 aromatic heterocycles. The first-order valence-corrected chi connectivity index (χ1v) is 5.26. The van der Waals surface area contributed by atoms with Gasteiger partial charge in [0.15, 0.2) is 0 Å². The van der Waals surface area contributed by atoms with Gasteiger partial charge >= 0.3 is 6.18 Å². The maximum atomic E-state index is 12.2. The van der Waals surface area contributed by atoms with Crippen LogP contribution in [0.3, 0.4) is 0 Å². The molecule has 0 amide bonds. The topological polar surface area (TPSA) is 15.3 Å². The second kappa shape index (κ2) is 6.33. The van der Waals surface area contributed by atoms with Crippen molar-refractivity contribution in [3.63, 3.8) is 0 Å². The molecule has 15 heavy (non-hydrogen) atoms. The molecule has 0 heterocycles. The van der Waals surface area contributed by atoms with Crippen molar-refractivity contribution in [2.24, 2.45) is 0 Å². The first-order chi connectivity index (χ1) is 6.72. The van der Waals surface area contributed by atoms with Gasteiger partial charge in [-0.25, -0.2) is 0 Å². The van der Waals surface area contributed by atoms with Crippen LogP contribution in [0.15, 0.2) is 0 Å². The molecular formula is C10H21F3N2. The van der Waals surface area contributed by atoms with Crippen LogP contribution in [0.2, 0.25) is 0 Å². The van der Waals surface area contributed by atoms with Crippen LogP contribution in [-0.4, -0.2) is 42.8 Å². The molecule has 2 nitrogen and oxygen atoms in total. The molecule has 0 radical (unpaired) electrons. The molecule has 0 saturated carbocycles. The van der Waals surface area contributed by atoms with Gasteiger partial charge in [-0.1, -0.05) is 13.8 Å². The fourth-order valence-corrected chi connectivity index (χ4v) is 1.25. The zero-order valence-corrected chi connectivity index (χ0v) is 9.86. The van der Waals surface area contributed by atoms with E-state index in [1.54, 1.807) is 13.8 Å². The van der Waals surface area contributed by atoms with Crippen molar-refractivity contribution in [3.8, 4) is 0 Å². The van der Waals surface area contributed by atoms with Gasteiger partial charge in [-0.15, -0.1) is 0 Å². The zero-order chi connectivity index (χ0) is 12.1. The molecule has 0 saturated heterocycles. The minimum absolute atomic E-state index is 0.0828. The fourth-order valence-electron chi connectivity index (χ4n) is 1.25. The molecular weight excluding hydrogens is 205 g/mol. The standard InChI is InChI=1S/C10H21F3N2/c1-8(2)14-5-6-15(9(3)4)7-10(11,12)13/h8-9,14H,5-7H2,1-4H3. The highest BCUT2D eigenvalue weighted by Crippen LogP contribution is 2.17. The monoisotopic (exact) mass is 226 g/mol. The molecule has 1 N–H and O–H groups in total. The number of halogens is 3. The lowest BCUT2D eigenvalue weighted by Gasteiger charge is -2.27. The third-order valence-corrected chi connectivity index (χ3v) is 2.06. The van der Waals surface area contributed by atoms with Gasteiger partial charge in [0.1, 0.15) is 0 Å². The Morgan fingerprint density at radius 3 is 2.00 bits per heavy atom. The van der Waals surface area contributed by atoms with Crippen LogP contribution < -0.4 is 5.32 Å². The lowest BCUT2D eigenvalue weighted by Crippen LogP contribution is -2.43. The molecule has 5 heteroatoms. The highest BCUT2D eigenvalue weighted by atomic mass is 19.4. The summed E-state index contributed by atoms with van der Waals surface area (Å²) in [6.45, 7) is 7.70. The van der Waals surface area contributed by atoms with Gasteiger partial charge in [0, 0.05) is 25.2 Å². The Hall–Kier alpha value is -0.290. The van der Waals surface area contributed by atoms with Crippen molar-refractivity contribution in [3.05, 3.63) is 0 Å². The first kappa shape index (κ1) is 14.7. The number of alkyl halides is 3. The molecule has 0 rings (SSSR count). The molecule has 0 aromatic rings. The van der Waals surface area contributed by atoms with E-state index in [2.05, 4.69) is 5.32 Å². The van der Waals surface area contributed by atoms with E-state index in [1.807, 2.05) is 13.8 Å². The quantitative estimate of drug-likeness (QED) is 0.747. The normalized spacial score (nSPS) is 13.2. The van der Waals surface area contributed by atoms with Gasteiger partial charge < -0.3 is 5.32 Å². The average molecular weight is 226 g/mol. The summed E-state index contributed by atoms with van der Waals surface area (Å²) in [5.74, 6) is 0. The van der Waals surface area contributed by atoms with Crippen LogP contribution >= 0.6 is 0 Å². The maximum Gasteiger partial charge on any atom is 0.401 e. The third kappa shape index (κ3) is 8.69. The molecule has 0 aliphatic carbocycles. The lowest BCUT2D eigenvalue weighted by atomic mass is 10.3. The fraction of sp³-hybridized carbons (Fsp3) is 1.00. The average Bonchev–Trinajstić information content (AvgIpc) is 1.99. The van der Waals surface area contributed by atoms with Crippen molar-refractivity contribution in [1.29, 1.82) is 0 Å².